The van der Waals surface area contributed by atoms with Gasteiger partial charge in [0.25, 0.3) is 17.5 Å². The van der Waals surface area contributed by atoms with Crippen LogP contribution in [0, 0.1) is 17.0 Å². The molecule has 0 saturated carbocycles. The summed E-state index contributed by atoms with van der Waals surface area (Å²) in [4.78, 5) is 57.1. The fourth-order valence-electron chi connectivity index (χ4n) is 5.08. The number of amidine groups is 1. The van der Waals surface area contributed by atoms with Crippen LogP contribution in [-0.2, 0) is 14.4 Å². The number of rotatable bonds is 11. The molecule has 4 aromatic rings. The highest BCUT2D eigenvalue weighted by molar-refractivity contribution is 8.14. The van der Waals surface area contributed by atoms with Gasteiger partial charge in [-0.15, -0.1) is 0 Å². The molecule has 0 fully saturated rings. The van der Waals surface area contributed by atoms with Crippen molar-refractivity contribution in [2.24, 2.45) is 4.99 Å². The van der Waals surface area contributed by atoms with Gasteiger partial charge in [-0.1, -0.05) is 109 Å². The van der Waals surface area contributed by atoms with Gasteiger partial charge in [-0.05, 0) is 49.3 Å². The van der Waals surface area contributed by atoms with E-state index in [9.17, 15) is 24.5 Å². The maximum Gasteiger partial charge on any atom is 0.285 e. The maximum absolute atomic E-state index is 14.0. The van der Waals surface area contributed by atoms with Crippen molar-refractivity contribution < 1.29 is 23.7 Å². The number of nitrogens with one attached hydrogen (secondary N) is 1. The molecule has 1 aliphatic heterocycles. The Balaban J connectivity index is 1.41. The third-order valence-corrected chi connectivity index (χ3v) is 8.46. The molecule has 3 amide bonds. The zero-order chi connectivity index (χ0) is 34.9. The second kappa shape index (κ2) is 15.7. The molecule has 5 rings (SSSR count). The first-order valence-electron chi connectivity index (χ1n) is 15.2. The molecule has 0 atom stereocenters. The van der Waals surface area contributed by atoms with Gasteiger partial charge in [0.1, 0.15) is 17.1 Å². The van der Waals surface area contributed by atoms with Gasteiger partial charge in [0.2, 0.25) is 5.91 Å². The summed E-state index contributed by atoms with van der Waals surface area (Å²) in [7, 11) is 0. The minimum Gasteiger partial charge on any atom is -0.457 e. The van der Waals surface area contributed by atoms with E-state index in [1.807, 2.05) is 60.7 Å². The fraction of sp³-hybridized carbons (Fsp3) is 0.105. The highest BCUT2D eigenvalue weighted by Gasteiger charge is 2.35. The molecule has 0 spiro atoms. The number of benzene rings is 3. The zero-order valence-electron chi connectivity index (χ0n) is 26.7. The van der Waals surface area contributed by atoms with Crippen LogP contribution in [0.4, 0.5) is 5.69 Å². The zero-order valence-corrected chi connectivity index (χ0v) is 27.6. The second-order valence-electron chi connectivity index (χ2n) is 10.8. The van der Waals surface area contributed by atoms with Crippen molar-refractivity contribution in [2.45, 2.75) is 19.9 Å². The standard InChI is InChI=1S/C38H32N4O6S/c1-4-6-17-29(5-2)41-37(45)31(23-30-20-21-33(48-30)28-19-18-25(3)32(22-28)42(46)47)36(44)40-38(41)49-24-34(43)39-35(26-13-9-7-10-14-26)27-15-11-8-12-16-27/h4-23,35H,1,24H2,2-3H3,(H,39,43)/b17-6-,29-5+,31-23+. The Morgan fingerprint density at radius 3 is 2.33 bits per heavy atom. The molecule has 2 heterocycles. The SMILES string of the molecule is C=C/C=C\C(=C/C)N1C(=O)/C(=C/c2ccc(-c3ccc(C)c([N+](=O)[O-])c3)o2)C(=O)N=C1SCC(=O)NC(c1ccccc1)c1ccccc1. The van der Waals surface area contributed by atoms with Gasteiger partial charge >= 0.3 is 0 Å². The molecule has 10 nitrogen and oxygen atoms in total. The number of carbonyl (C=O) groups is 3. The molecule has 1 N–H and O–H groups in total. The van der Waals surface area contributed by atoms with Gasteiger partial charge < -0.3 is 9.73 Å². The lowest BCUT2D eigenvalue weighted by atomic mass is 9.99. The molecule has 0 saturated heterocycles. The molecular formula is C38H32N4O6S. The number of nitro benzene ring substituents is 1. The molecule has 0 bridgehead atoms. The number of aryl methyl sites for hydroxylation is 1. The minimum atomic E-state index is -0.803. The summed E-state index contributed by atoms with van der Waals surface area (Å²) in [6, 6.07) is 26.6. The monoisotopic (exact) mass is 672 g/mol. The second-order valence-corrected chi connectivity index (χ2v) is 11.7. The Morgan fingerprint density at radius 2 is 1.71 bits per heavy atom. The van der Waals surface area contributed by atoms with Crippen molar-refractivity contribution in [1.29, 1.82) is 0 Å². The Kier molecular flexibility index (Phi) is 11.0. The molecule has 246 valence electrons. The fourth-order valence-corrected chi connectivity index (χ4v) is 5.89. The lowest BCUT2D eigenvalue weighted by Gasteiger charge is -2.28. The van der Waals surface area contributed by atoms with E-state index in [1.165, 1.54) is 17.0 Å². The van der Waals surface area contributed by atoms with Gasteiger partial charge in [-0.25, -0.2) is 0 Å². The first kappa shape index (κ1) is 34.3. The summed E-state index contributed by atoms with van der Waals surface area (Å²) in [5.74, 6) is -1.42. The van der Waals surface area contributed by atoms with Crippen LogP contribution in [0.3, 0.4) is 0 Å². The van der Waals surface area contributed by atoms with Crippen molar-refractivity contribution in [1.82, 2.24) is 10.2 Å². The van der Waals surface area contributed by atoms with Crippen LogP contribution in [-0.4, -0.2) is 38.5 Å². The summed E-state index contributed by atoms with van der Waals surface area (Å²) >= 11 is 0.961. The van der Waals surface area contributed by atoms with E-state index in [-0.39, 0.29) is 33.8 Å². The lowest BCUT2D eigenvalue weighted by molar-refractivity contribution is -0.385. The molecule has 1 aliphatic rings. The lowest BCUT2D eigenvalue weighted by Crippen LogP contribution is -2.42. The van der Waals surface area contributed by atoms with Crippen LogP contribution in [0.5, 0.6) is 0 Å². The van der Waals surface area contributed by atoms with E-state index in [0.717, 1.165) is 22.9 Å². The molecule has 3 aromatic carbocycles. The highest BCUT2D eigenvalue weighted by Crippen LogP contribution is 2.31. The number of thioether (sulfide) groups is 1. The van der Waals surface area contributed by atoms with Crippen LogP contribution in [0.1, 0.15) is 35.4 Å². The van der Waals surface area contributed by atoms with Crippen LogP contribution in [0.2, 0.25) is 0 Å². The number of furan rings is 1. The Morgan fingerprint density at radius 1 is 1.04 bits per heavy atom. The smallest absolute Gasteiger partial charge is 0.285 e. The van der Waals surface area contributed by atoms with Crippen molar-refractivity contribution in [2.75, 3.05) is 5.75 Å². The van der Waals surface area contributed by atoms with Gasteiger partial charge in [-0.3, -0.25) is 29.4 Å². The third kappa shape index (κ3) is 8.09. The van der Waals surface area contributed by atoms with Gasteiger partial charge in [0.05, 0.1) is 16.7 Å². The van der Waals surface area contributed by atoms with Crippen LogP contribution in [0.25, 0.3) is 17.4 Å². The number of nitro groups is 1. The third-order valence-electron chi connectivity index (χ3n) is 7.52. The largest absolute Gasteiger partial charge is 0.457 e. The van der Waals surface area contributed by atoms with Crippen molar-refractivity contribution in [3.05, 3.63) is 166 Å². The van der Waals surface area contributed by atoms with Gasteiger partial charge in [-0.2, -0.15) is 4.99 Å². The number of amides is 3. The number of carbonyl (C=O) groups excluding carboxylic acids is 3. The molecule has 0 unspecified atom stereocenters. The van der Waals surface area contributed by atoms with Crippen molar-refractivity contribution >= 4 is 46.4 Å². The number of nitrogens with zero attached hydrogens (tertiary/aromatic N) is 3. The maximum atomic E-state index is 14.0. The molecule has 11 heteroatoms. The average molecular weight is 673 g/mol. The highest BCUT2D eigenvalue weighted by atomic mass is 32.2. The number of hydrogen-bond donors (Lipinski definition) is 1. The van der Waals surface area contributed by atoms with E-state index in [0.29, 0.717) is 22.6 Å². The van der Waals surface area contributed by atoms with E-state index < -0.39 is 22.8 Å². The quantitative estimate of drug-likeness (QED) is 0.0571. The van der Waals surface area contributed by atoms with E-state index in [2.05, 4.69) is 16.9 Å². The Hall–Kier alpha value is -6.07. The summed E-state index contributed by atoms with van der Waals surface area (Å²) in [5.41, 5.74) is 2.86. The Labute approximate surface area is 287 Å². The molecular weight excluding hydrogens is 641 g/mol. The minimum absolute atomic E-state index is 0.0344. The predicted octanol–water partition coefficient (Wildman–Crippen LogP) is 7.56. The summed E-state index contributed by atoms with van der Waals surface area (Å²) in [5, 5.41) is 14.5. The normalized spacial score (nSPS) is 14.4. The topological polar surface area (TPSA) is 135 Å². The van der Waals surface area contributed by atoms with Gasteiger partial charge in [0.15, 0.2) is 5.17 Å². The van der Waals surface area contributed by atoms with Crippen LogP contribution in [0.15, 0.2) is 143 Å². The Bertz CT molecular complexity index is 1990. The molecule has 0 aliphatic carbocycles. The molecule has 49 heavy (non-hydrogen) atoms. The van der Waals surface area contributed by atoms with Crippen molar-refractivity contribution in [3.8, 4) is 11.3 Å². The summed E-state index contributed by atoms with van der Waals surface area (Å²) in [6.45, 7) is 7.07. The first-order chi connectivity index (χ1) is 23.7. The molecule has 1 aromatic heterocycles. The number of aliphatic imine (C=N–C) groups is 1. The van der Waals surface area contributed by atoms with Gasteiger partial charge in [0, 0.05) is 22.9 Å². The number of allylic oxidation sites excluding steroid dienone is 4. The number of hydrogen-bond acceptors (Lipinski definition) is 7. The van der Waals surface area contributed by atoms with E-state index in [1.54, 1.807) is 62.4 Å². The summed E-state index contributed by atoms with van der Waals surface area (Å²) in [6.07, 6.45) is 7.80. The summed E-state index contributed by atoms with van der Waals surface area (Å²) < 4.78 is 5.88. The predicted molar refractivity (Wildman–Crippen MR) is 191 cm³/mol. The molecule has 0 radical (unpaired) electrons. The van der Waals surface area contributed by atoms with Crippen LogP contribution < -0.4 is 5.32 Å². The van der Waals surface area contributed by atoms with Crippen LogP contribution >= 0.6 is 11.8 Å². The first-order valence-corrected chi connectivity index (χ1v) is 16.2. The van der Waals surface area contributed by atoms with E-state index in [4.69, 9.17) is 4.42 Å². The van der Waals surface area contributed by atoms with Crippen molar-refractivity contribution in [3.63, 3.8) is 0 Å². The van der Waals surface area contributed by atoms with E-state index >= 15 is 0 Å². The average Bonchev–Trinajstić information content (AvgIpc) is 3.58.